The molecule has 3 rings (SSSR count). The number of carbonyl (C=O) groups is 4. The van der Waals surface area contributed by atoms with Crippen LogP contribution in [0, 0.1) is 17.8 Å². The average Bonchev–Trinajstić information content (AvgIpc) is 3.08. The lowest BCUT2D eigenvalue weighted by Crippen LogP contribution is -2.54. The number of fused-ring (bicyclic) bond motifs is 1. The second-order valence-electron chi connectivity index (χ2n) is 8.04. The number of ether oxygens (including phenoxy) is 1. The minimum absolute atomic E-state index is 0.0267. The Balaban J connectivity index is 1.73. The van der Waals surface area contributed by atoms with Crippen LogP contribution in [-0.4, -0.2) is 66.2 Å². The third-order valence-corrected chi connectivity index (χ3v) is 6.38. The Labute approximate surface area is 164 Å². The van der Waals surface area contributed by atoms with Gasteiger partial charge in [-0.3, -0.25) is 14.5 Å². The van der Waals surface area contributed by atoms with Crippen molar-refractivity contribution in [3.05, 3.63) is 0 Å². The van der Waals surface area contributed by atoms with Gasteiger partial charge in [0.2, 0.25) is 11.8 Å². The van der Waals surface area contributed by atoms with E-state index in [2.05, 4.69) is 10.6 Å². The Bertz CT molecular complexity index is 639. The molecule has 1 saturated carbocycles. The molecular weight excluding hydrogens is 366 g/mol. The van der Waals surface area contributed by atoms with Gasteiger partial charge in [-0.15, -0.1) is 0 Å². The third-order valence-electron chi connectivity index (χ3n) is 6.38. The highest BCUT2D eigenvalue weighted by molar-refractivity contribution is 5.90. The number of amides is 3. The first-order valence-corrected chi connectivity index (χ1v) is 10.1. The molecule has 0 spiro atoms. The molecule has 0 aromatic rings. The van der Waals surface area contributed by atoms with E-state index in [-0.39, 0.29) is 30.1 Å². The molecule has 0 bridgehead atoms. The van der Waals surface area contributed by atoms with Crippen molar-refractivity contribution < 1.29 is 29.0 Å². The van der Waals surface area contributed by atoms with Crippen LogP contribution in [0.4, 0.5) is 4.79 Å². The van der Waals surface area contributed by atoms with Gasteiger partial charge in [0.15, 0.2) is 0 Å². The number of nitrogens with zero attached hydrogens (tertiary/aromatic N) is 1. The van der Waals surface area contributed by atoms with Crippen molar-refractivity contribution in [2.24, 2.45) is 17.8 Å². The summed E-state index contributed by atoms with van der Waals surface area (Å²) in [5.41, 5.74) is 0. The number of rotatable bonds is 5. The van der Waals surface area contributed by atoms with Gasteiger partial charge in [-0.1, -0.05) is 12.8 Å². The van der Waals surface area contributed by atoms with Crippen LogP contribution in [0.2, 0.25) is 0 Å². The fourth-order valence-corrected chi connectivity index (χ4v) is 4.97. The van der Waals surface area contributed by atoms with Crippen molar-refractivity contribution in [1.82, 2.24) is 15.5 Å². The van der Waals surface area contributed by atoms with Gasteiger partial charge in [0.05, 0.1) is 7.11 Å². The number of carbonyl (C=O) groups excluding carboxylic acids is 3. The van der Waals surface area contributed by atoms with E-state index in [0.29, 0.717) is 19.5 Å². The van der Waals surface area contributed by atoms with Gasteiger partial charge in [-0.25, -0.2) is 9.59 Å². The molecule has 3 N–H and O–H groups in total. The number of likely N-dealkylation sites (tertiary alicyclic amines) is 1. The van der Waals surface area contributed by atoms with Crippen LogP contribution >= 0.6 is 0 Å². The van der Waals surface area contributed by atoms with E-state index in [1.165, 1.54) is 12.0 Å². The van der Waals surface area contributed by atoms with E-state index in [1.54, 1.807) is 0 Å². The zero-order valence-corrected chi connectivity index (χ0v) is 16.2. The Hall–Kier alpha value is -2.32. The lowest BCUT2D eigenvalue weighted by atomic mass is 9.78. The first-order valence-electron chi connectivity index (χ1n) is 10.1. The summed E-state index contributed by atoms with van der Waals surface area (Å²) in [6.45, 7) is 0.968. The zero-order chi connectivity index (χ0) is 20.3. The second-order valence-corrected chi connectivity index (χ2v) is 8.04. The van der Waals surface area contributed by atoms with Gasteiger partial charge in [0, 0.05) is 19.0 Å². The third kappa shape index (κ3) is 4.23. The maximum atomic E-state index is 13.0. The minimum Gasteiger partial charge on any atom is -0.467 e. The monoisotopic (exact) mass is 395 g/mol. The van der Waals surface area contributed by atoms with E-state index in [1.807, 2.05) is 0 Å². The van der Waals surface area contributed by atoms with Gasteiger partial charge in [-0.05, 0) is 43.9 Å². The summed E-state index contributed by atoms with van der Waals surface area (Å²) < 4.78 is 4.82. The Morgan fingerprint density at radius 2 is 2.00 bits per heavy atom. The normalized spacial score (nSPS) is 30.8. The van der Waals surface area contributed by atoms with Crippen LogP contribution < -0.4 is 10.6 Å². The molecule has 3 amide bonds. The average molecular weight is 395 g/mol. The van der Waals surface area contributed by atoms with Crippen LogP contribution in [0.25, 0.3) is 0 Å². The number of esters is 1. The smallest absolute Gasteiger partial charge is 0.407 e. The van der Waals surface area contributed by atoms with Gasteiger partial charge >= 0.3 is 12.1 Å². The highest BCUT2D eigenvalue weighted by atomic mass is 16.5. The van der Waals surface area contributed by atoms with Gasteiger partial charge in [0.1, 0.15) is 12.1 Å². The quantitative estimate of drug-likeness (QED) is 0.590. The summed E-state index contributed by atoms with van der Waals surface area (Å²) in [6, 6.07) is -1.76. The van der Waals surface area contributed by atoms with Crippen molar-refractivity contribution in [3.63, 3.8) is 0 Å². The molecule has 1 unspecified atom stereocenters. The Kier molecular flexibility index (Phi) is 6.41. The number of methoxy groups -OCH3 is 1. The lowest BCUT2D eigenvalue weighted by molar-refractivity contribution is -0.146. The summed E-state index contributed by atoms with van der Waals surface area (Å²) >= 11 is 0. The minimum atomic E-state index is -1.11. The largest absolute Gasteiger partial charge is 0.467 e. The predicted octanol–water partition coefficient (Wildman–Crippen LogP) is 0.729. The summed E-state index contributed by atoms with van der Waals surface area (Å²) in [6.07, 6.45) is 4.24. The maximum Gasteiger partial charge on any atom is 0.407 e. The first kappa shape index (κ1) is 20.4. The topological polar surface area (TPSA) is 125 Å². The van der Waals surface area contributed by atoms with Crippen molar-refractivity contribution >= 4 is 23.9 Å². The lowest BCUT2D eigenvalue weighted by Gasteiger charge is -2.31. The fraction of sp³-hybridized carbons (Fsp3) is 0.789. The molecule has 28 heavy (non-hydrogen) atoms. The van der Waals surface area contributed by atoms with Crippen LogP contribution in [0.1, 0.15) is 44.9 Å². The molecule has 2 heterocycles. The molecule has 1 aliphatic carbocycles. The molecule has 156 valence electrons. The Morgan fingerprint density at radius 1 is 1.25 bits per heavy atom. The molecule has 9 heteroatoms. The SMILES string of the molecule is COC(=O)C(C[C@@H]1CCCNC1=O)NC(=O)[C@@H]1[C@H]2CCCC[C@H]2CN1C(=O)O. The highest BCUT2D eigenvalue weighted by Gasteiger charge is 2.49. The molecule has 9 nitrogen and oxygen atoms in total. The van der Waals surface area contributed by atoms with Crippen LogP contribution in [-0.2, 0) is 19.1 Å². The van der Waals surface area contributed by atoms with Crippen molar-refractivity contribution in [2.75, 3.05) is 20.2 Å². The summed E-state index contributed by atoms with van der Waals surface area (Å²) in [5.74, 6) is -1.44. The molecule has 3 aliphatic rings. The van der Waals surface area contributed by atoms with Crippen molar-refractivity contribution in [2.45, 2.75) is 57.0 Å². The van der Waals surface area contributed by atoms with Crippen LogP contribution in [0.3, 0.4) is 0 Å². The van der Waals surface area contributed by atoms with Crippen LogP contribution in [0.5, 0.6) is 0 Å². The number of hydrogen-bond acceptors (Lipinski definition) is 5. The van der Waals surface area contributed by atoms with E-state index in [0.717, 1.165) is 32.1 Å². The fourth-order valence-electron chi connectivity index (χ4n) is 4.97. The molecule has 2 saturated heterocycles. The number of hydrogen-bond donors (Lipinski definition) is 3. The summed E-state index contributed by atoms with van der Waals surface area (Å²) in [5, 5.41) is 15.0. The van der Waals surface area contributed by atoms with E-state index in [4.69, 9.17) is 4.74 Å². The Morgan fingerprint density at radius 3 is 2.68 bits per heavy atom. The summed E-state index contributed by atoms with van der Waals surface area (Å²) in [4.78, 5) is 50.2. The number of piperidine rings is 1. The molecule has 0 aromatic carbocycles. The molecule has 2 aliphatic heterocycles. The van der Waals surface area contributed by atoms with Gasteiger partial charge in [0.25, 0.3) is 0 Å². The van der Waals surface area contributed by atoms with E-state index < -0.39 is 30.1 Å². The number of carboxylic acid groups (broad SMARTS) is 1. The molecule has 3 fully saturated rings. The molecule has 5 atom stereocenters. The highest BCUT2D eigenvalue weighted by Crippen LogP contribution is 2.40. The van der Waals surface area contributed by atoms with Gasteiger partial charge in [-0.2, -0.15) is 0 Å². The standard InChI is InChI=1S/C19H29N3O6/c1-28-18(25)14(9-11-6-4-8-20-16(11)23)21-17(24)15-13-7-3-2-5-12(13)10-22(15)19(26)27/h11-15H,2-10H2,1H3,(H,20,23)(H,21,24)(H,26,27)/t11-,12-,13-,14?,15-/m0/s1. The molecular formula is C19H29N3O6. The molecule has 0 radical (unpaired) electrons. The predicted molar refractivity (Wildman–Crippen MR) is 98.3 cm³/mol. The maximum absolute atomic E-state index is 13.0. The van der Waals surface area contributed by atoms with E-state index in [9.17, 15) is 24.3 Å². The zero-order valence-electron chi connectivity index (χ0n) is 16.2. The van der Waals surface area contributed by atoms with E-state index >= 15 is 0 Å². The number of nitrogens with one attached hydrogen (secondary N) is 2. The van der Waals surface area contributed by atoms with Crippen molar-refractivity contribution in [3.8, 4) is 0 Å². The van der Waals surface area contributed by atoms with Crippen molar-refractivity contribution in [1.29, 1.82) is 0 Å². The van der Waals surface area contributed by atoms with Gasteiger partial charge < -0.3 is 20.5 Å². The first-order chi connectivity index (χ1) is 13.4. The second kappa shape index (κ2) is 8.79. The summed E-state index contributed by atoms with van der Waals surface area (Å²) in [7, 11) is 1.23. The van der Waals surface area contributed by atoms with Crippen LogP contribution in [0.15, 0.2) is 0 Å². The molecule has 0 aromatic heterocycles.